The molecule has 102 valence electrons. The molecule has 0 aromatic heterocycles. The van der Waals surface area contributed by atoms with Crippen molar-refractivity contribution in [2.45, 2.75) is 19.7 Å². The average molecular weight is 269 g/mol. The molecule has 0 aliphatic carbocycles. The third-order valence-corrected chi connectivity index (χ3v) is 3.38. The Balaban J connectivity index is 1.60. The number of ether oxygens (including phenoxy) is 1. The molecule has 2 aromatic rings. The summed E-state index contributed by atoms with van der Waals surface area (Å²) in [6, 6.07) is 14.8. The van der Waals surface area contributed by atoms with Gasteiger partial charge in [-0.25, -0.2) is 4.79 Å². The topological polar surface area (TPSA) is 49.8 Å². The second kappa shape index (κ2) is 5.25. The monoisotopic (exact) mass is 269 g/mol. The van der Waals surface area contributed by atoms with Crippen LogP contribution in [0.25, 0.3) is 0 Å². The Bertz CT molecular complexity index is 625. The van der Waals surface area contributed by atoms with Crippen molar-refractivity contribution >= 4 is 6.09 Å². The lowest BCUT2D eigenvalue weighted by Gasteiger charge is -2.15. The van der Waals surface area contributed by atoms with Gasteiger partial charge >= 0.3 is 6.09 Å². The van der Waals surface area contributed by atoms with Crippen LogP contribution < -0.4 is 0 Å². The third-order valence-electron chi connectivity index (χ3n) is 3.38. The van der Waals surface area contributed by atoms with Crippen LogP contribution in [0.2, 0.25) is 0 Å². The quantitative estimate of drug-likeness (QED) is 0.911. The highest BCUT2D eigenvalue weighted by molar-refractivity contribution is 5.69. The van der Waals surface area contributed by atoms with Crippen molar-refractivity contribution in [2.75, 3.05) is 0 Å². The van der Waals surface area contributed by atoms with Crippen LogP contribution >= 0.6 is 0 Å². The fourth-order valence-electron chi connectivity index (χ4n) is 2.32. The fraction of sp³-hybridized carbons (Fsp3) is 0.188. The Morgan fingerprint density at radius 1 is 1.10 bits per heavy atom. The van der Waals surface area contributed by atoms with E-state index in [0.29, 0.717) is 13.1 Å². The molecule has 0 bridgehead atoms. The van der Waals surface area contributed by atoms with Gasteiger partial charge in [-0.2, -0.15) is 0 Å². The molecule has 1 amide bonds. The molecule has 0 saturated heterocycles. The van der Waals surface area contributed by atoms with Gasteiger partial charge in [0.25, 0.3) is 0 Å². The van der Waals surface area contributed by atoms with E-state index in [-0.39, 0.29) is 18.4 Å². The number of phenols is 1. The molecule has 2 aromatic carbocycles. The molecular formula is C16H15NO3. The van der Waals surface area contributed by atoms with Crippen LogP contribution in [0.3, 0.4) is 0 Å². The molecule has 0 unspecified atom stereocenters. The second-order valence-corrected chi connectivity index (χ2v) is 4.85. The number of phenolic OH excluding ortho intramolecular Hbond substituents is 1. The first kappa shape index (κ1) is 12.5. The van der Waals surface area contributed by atoms with E-state index < -0.39 is 0 Å². The first-order valence-corrected chi connectivity index (χ1v) is 6.49. The molecule has 4 heteroatoms. The Labute approximate surface area is 117 Å². The van der Waals surface area contributed by atoms with Crippen LogP contribution in [0.15, 0.2) is 48.5 Å². The summed E-state index contributed by atoms with van der Waals surface area (Å²) in [6.45, 7) is 1.29. The van der Waals surface area contributed by atoms with E-state index in [1.54, 1.807) is 17.0 Å². The predicted octanol–water partition coefficient (Wildman–Crippen LogP) is 3.04. The van der Waals surface area contributed by atoms with Crippen molar-refractivity contribution in [3.05, 3.63) is 65.2 Å². The van der Waals surface area contributed by atoms with E-state index >= 15 is 0 Å². The summed E-state index contributed by atoms with van der Waals surface area (Å²) in [4.78, 5) is 13.6. The van der Waals surface area contributed by atoms with Crippen LogP contribution in [-0.2, 0) is 24.4 Å². The summed E-state index contributed by atoms with van der Waals surface area (Å²) in [5.74, 6) is 0.225. The Morgan fingerprint density at radius 2 is 1.85 bits per heavy atom. The van der Waals surface area contributed by atoms with Crippen molar-refractivity contribution in [2.24, 2.45) is 0 Å². The molecule has 1 aliphatic rings. The number of hydrogen-bond donors (Lipinski definition) is 1. The SMILES string of the molecule is O=C(OCc1ccccc1)N1Cc2ccc(O)cc2C1. The molecule has 20 heavy (non-hydrogen) atoms. The van der Waals surface area contributed by atoms with Crippen LogP contribution in [-0.4, -0.2) is 16.1 Å². The molecule has 0 saturated carbocycles. The Kier molecular flexibility index (Phi) is 3.29. The zero-order chi connectivity index (χ0) is 13.9. The smallest absolute Gasteiger partial charge is 0.410 e. The van der Waals surface area contributed by atoms with Gasteiger partial charge in [-0.1, -0.05) is 36.4 Å². The maximum Gasteiger partial charge on any atom is 0.410 e. The average Bonchev–Trinajstić information content (AvgIpc) is 2.89. The number of nitrogens with zero attached hydrogens (tertiary/aromatic N) is 1. The number of hydrogen-bond acceptors (Lipinski definition) is 3. The Morgan fingerprint density at radius 3 is 2.65 bits per heavy atom. The van der Waals surface area contributed by atoms with Crippen molar-refractivity contribution in [1.29, 1.82) is 0 Å². The highest BCUT2D eigenvalue weighted by Gasteiger charge is 2.24. The van der Waals surface area contributed by atoms with Gasteiger partial charge in [-0.15, -0.1) is 0 Å². The summed E-state index contributed by atoms with van der Waals surface area (Å²) >= 11 is 0. The molecule has 1 N–H and O–H groups in total. The lowest BCUT2D eigenvalue weighted by Crippen LogP contribution is -2.25. The summed E-state index contributed by atoms with van der Waals surface area (Å²) in [7, 11) is 0. The standard InChI is InChI=1S/C16H15NO3/c18-15-7-6-13-9-17(10-14(13)8-15)16(19)20-11-12-4-2-1-3-5-12/h1-8,18H,9-11H2. The number of benzene rings is 2. The summed E-state index contributed by atoms with van der Waals surface area (Å²) < 4.78 is 5.30. The van der Waals surface area contributed by atoms with Crippen LogP contribution in [0.5, 0.6) is 5.75 Å². The minimum Gasteiger partial charge on any atom is -0.508 e. The lowest BCUT2D eigenvalue weighted by molar-refractivity contribution is 0.0955. The third kappa shape index (κ3) is 2.59. The van der Waals surface area contributed by atoms with Crippen LogP contribution in [0.4, 0.5) is 4.79 Å². The molecule has 0 spiro atoms. The van der Waals surface area contributed by atoms with E-state index in [4.69, 9.17) is 4.74 Å². The number of aromatic hydroxyl groups is 1. The zero-order valence-corrected chi connectivity index (χ0v) is 11.0. The van der Waals surface area contributed by atoms with Crippen LogP contribution in [0.1, 0.15) is 16.7 Å². The molecule has 3 rings (SSSR count). The van der Waals surface area contributed by atoms with Crippen molar-refractivity contribution < 1.29 is 14.6 Å². The highest BCUT2D eigenvalue weighted by atomic mass is 16.6. The first-order chi connectivity index (χ1) is 9.72. The molecule has 0 atom stereocenters. The van der Waals surface area contributed by atoms with E-state index in [1.165, 1.54) is 0 Å². The molecule has 1 aliphatic heterocycles. The maximum absolute atomic E-state index is 12.0. The summed E-state index contributed by atoms with van der Waals surface area (Å²) in [5, 5.41) is 9.44. The fourth-order valence-corrected chi connectivity index (χ4v) is 2.32. The predicted molar refractivity (Wildman–Crippen MR) is 74.0 cm³/mol. The van der Waals surface area contributed by atoms with Gasteiger partial charge in [0.1, 0.15) is 12.4 Å². The molecule has 0 fully saturated rings. The number of carbonyl (C=O) groups excluding carboxylic acids is 1. The number of fused-ring (bicyclic) bond motifs is 1. The van der Waals surface area contributed by atoms with Gasteiger partial charge in [-0.05, 0) is 28.8 Å². The highest BCUT2D eigenvalue weighted by Crippen LogP contribution is 2.26. The summed E-state index contributed by atoms with van der Waals surface area (Å²) in [6.07, 6.45) is -0.329. The van der Waals surface area contributed by atoms with Crippen LogP contribution in [0, 0.1) is 0 Å². The second-order valence-electron chi connectivity index (χ2n) is 4.85. The van der Waals surface area contributed by atoms with Gasteiger partial charge in [0.2, 0.25) is 0 Å². The molecule has 1 heterocycles. The van der Waals surface area contributed by atoms with Crippen molar-refractivity contribution in [3.8, 4) is 5.75 Å². The minimum absolute atomic E-state index is 0.225. The molecular weight excluding hydrogens is 254 g/mol. The lowest BCUT2D eigenvalue weighted by atomic mass is 10.1. The van der Waals surface area contributed by atoms with Gasteiger partial charge in [0.05, 0.1) is 0 Å². The number of rotatable bonds is 2. The van der Waals surface area contributed by atoms with E-state index in [0.717, 1.165) is 16.7 Å². The van der Waals surface area contributed by atoms with Crippen molar-refractivity contribution in [1.82, 2.24) is 4.90 Å². The van der Waals surface area contributed by atoms with Gasteiger partial charge in [0.15, 0.2) is 0 Å². The van der Waals surface area contributed by atoms with E-state index in [9.17, 15) is 9.90 Å². The van der Waals surface area contributed by atoms with E-state index in [2.05, 4.69) is 0 Å². The summed E-state index contributed by atoms with van der Waals surface area (Å²) in [5.41, 5.74) is 3.00. The van der Waals surface area contributed by atoms with Crippen molar-refractivity contribution in [3.63, 3.8) is 0 Å². The van der Waals surface area contributed by atoms with E-state index in [1.807, 2.05) is 36.4 Å². The first-order valence-electron chi connectivity index (χ1n) is 6.49. The van der Waals surface area contributed by atoms with Gasteiger partial charge in [0, 0.05) is 13.1 Å². The molecule has 4 nitrogen and oxygen atoms in total. The molecule has 0 radical (unpaired) electrons. The van der Waals surface area contributed by atoms with Gasteiger partial charge < -0.3 is 9.84 Å². The minimum atomic E-state index is -0.329. The zero-order valence-electron chi connectivity index (χ0n) is 11.0. The Hall–Kier alpha value is -2.49. The number of carbonyl (C=O) groups is 1. The normalized spacial score (nSPS) is 13.1. The van der Waals surface area contributed by atoms with Gasteiger partial charge in [-0.3, -0.25) is 4.90 Å². The largest absolute Gasteiger partial charge is 0.508 e. The maximum atomic E-state index is 12.0. The number of amides is 1.